The van der Waals surface area contributed by atoms with Gasteiger partial charge in [0, 0.05) is 0 Å². The third-order valence-corrected chi connectivity index (χ3v) is 4.29. The van der Waals surface area contributed by atoms with Gasteiger partial charge in [-0.05, 0) is 30.2 Å². The number of fused-ring (bicyclic) bond motifs is 1. The van der Waals surface area contributed by atoms with E-state index in [0.29, 0.717) is 0 Å². The number of hydrogen-bond acceptors (Lipinski definition) is 5. The van der Waals surface area contributed by atoms with Crippen LogP contribution < -0.4 is 11.1 Å². The number of amides is 2. The number of anilines is 1. The van der Waals surface area contributed by atoms with Crippen molar-refractivity contribution >= 4 is 34.4 Å². The Morgan fingerprint density at radius 3 is 2.50 bits per heavy atom. The number of primary amides is 1. The second-order valence-corrected chi connectivity index (χ2v) is 6.19. The van der Waals surface area contributed by atoms with Gasteiger partial charge in [0.05, 0.1) is 13.0 Å². The summed E-state index contributed by atoms with van der Waals surface area (Å²) in [5, 5.41) is 4.52. The topological polar surface area (TPSA) is 112 Å². The molecule has 0 radical (unpaired) electrons. The molecule has 0 fully saturated rings. The Balaban J connectivity index is 1.89. The number of carbonyl (C=O) groups excluding carboxylic acids is 3. The maximum Gasteiger partial charge on any atom is 0.342 e. The maximum atomic E-state index is 12.6. The van der Waals surface area contributed by atoms with Gasteiger partial charge in [0.1, 0.15) is 16.9 Å². The molecule has 0 atom stereocenters. The standard InChI is InChI=1S/C21H20N2O5/c1-3-27-21(26)17-12(2)28-20(18(17)19(22)25)23-16(24)11-14-9-6-8-13-7-4-5-10-15(13)14/h4-10H,3,11H2,1-2H3,(H2,22,25)(H,23,24). The summed E-state index contributed by atoms with van der Waals surface area (Å²) in [5.41, 5.74) is 5.96. The maximum absolute atomic E-state index is 12.6. The molecule has 0 aliphatic heterocycles. The van der Waals surface area contributed by atoms with Gasteiger partial charge in [-0.2, -0.15) is 0 Å². The summed E-state index contributed by atoms with van der Waals surface area (Å²) >= 11 is 0. The molecule has 7 heteroatoms. The number of hydrogen-bond donors (Lipinski definition) is 2. The van der Waals surface area contributed by atoms with Crippen LogP contribution in [0.1, 0.15) is 39.0 Å². The van der Waals surface area contributed by atoms with E-state index in [-0.39, 0.29) is 35.8 Å². The minimum atomic E-state index is -0.889. The van der Waals surface area contributed by atoms with Crippen molar-refractivity contribution in [2.75, 3.05) is 11.9 Å². The lowest BCUT2D eigenvalue weighted by atomic mass is 10.0. The van der Waals surface area contributed by atoms with Gasteiger partial charge in [0.2, 0.25) is 11.8 Å². The van der Waals surface area contributed by atoms with Crippen molar-refractivity contribution in [1.82, 2.24) is 0 Å². The number of nitrogens with one attached hydrogen (secondary N) is 1. The molecule has 0 spiro atoms. The van der Waals surface area contributed by atoms with E-state index in [4.69, 9.17) is 14.9 Å². The molecule has 0 saturated heterocycles. The minimum absolute atomic E-state index is 0.0635. The van der Waals surface area contributed by atoms with Crippen LogP contribution in [0.15, 0.2) is 46.9 Å². The van der Waals surface area contributed by atoms with Crippen molar-refractivity contribution in [1.29, 1.82) is 0 Å². The number of ether oxygens (including phenoxy) is 1. The Morgan fingerprint density at radius 2 is 1.79 bits per heavy atom. The molecule has 7 nitrogen and oxygen atoms in total. The highest BCUT2D eigenvalue weighted by Gasteiger charge is 2.29. The second-order valence-electron chi connectivity index (χ2n) is 6.19. The first-order valence-electron chi connectivity index (χ1n) is 8.79. The fourth-order valence-corrected chi connectivity index (χ4v) is 3.11. The number of carbonyl (C=O) groups is 3. The first-order chi connectivity index (χ1) is 13.4. The van der Waals surface area contributed by atoms with Gasteiger partial charge >= 0.3 is 5.97 Å². The normalized spacial score (nSPS) is 10.6. The van der Waals surface area contributed by atoms with E-state index in [0.717, 1.165) is 16.3 Å². The predicted molar refractivity (Wildman–Crippen MR) is 104 cm³/mol. The Bertz CT molecular complexity index is 1060. The Kier molecular flexibility index (Phi) is 5.44. The van der Waals surface area contributed by atoms with E-state index in [1.54, 1.807) is 6.92 Å². The van der Waals surface area contributed by atoms with Crippen molar-refractivity contribution in [2.45, 2.75) is 20.3 Å². The van der Waals surface area contributed by atoms with Gasteiger partial charge in [-0.15, -0.1) is 0 Å². The molecular formula is C21H20N2O5. The van der Waals surface area contributed by atoms with E-state index in [9.17, 15) is 14.4 Å². The van der Waals surface area contributed by atoms with Crippen molar-refractivity contribution < 1.29 is 23.5 Å². The van der Waals surface area contributed by atoms with Crippen molar-refractivity contribution in [3.05, 3.63) is 64.9 Å². The van der Waals surface area contributed by atoms with Crippen molar-refractivity contribution in [3.63, 3.8) is 0 Å². The fourth-order valence-electron chi connectivity index (χ4n) is 3.11. The molecule has 0 unspecified atom stereocenters. The highest BCUT2D eigenvalue weighted by molar-refractivity contribution is 6.10. The van der Waals surface area contributed by atoms with Crippen LogP contribution in [0, 0.1) is 6.92 Å². The monoisotopic (exact) mass is 380 g/mol. The van der Waals surface area contributed by atoms with E-state index in [2.05, 4.69) is 5.32 Å². The number of esters is 1. The second kappa shape index (κ2) is 7.96. The largest absolute Gasteiger partial charge is 0.462 e. The van der Waals surface area contributed by atoms with Gasteiger partial charge in [-0.1, -0.05) is 42.5 Å². The molecule has 0 aliphatic carbocycles. The summed E-state index contributed by atoms with van der Waals surface area (Å²) < 4.78 is 10.4. The Hall–Kier alpha value is -3.61. The first-order valence-corrected chi connectivity index (χ1v) is 8.79. The van der Waals surface area contributed by atoms with Crippen LogP contribution >= 0.6 is 0 Å². The van der Waals surface area contributed by atoms with Crippen molar-refractivity contribution in [2.24, 2.45) is 5.73 Å². The minimum Gasteiger partial charge on any atom is -0.462 e. The van der Waals surface area contributed by atoms with Gasteiger partial charge in [0.15, 0.2) is 0 Å². The van der Waals surface area contributed by atoms with E-state index in [1.165, 1.54) is 6.92 Å². The SMILES string of the molecule is CCOC(=O)c1c(C)oc(NC(=O)Cc2cccc3ccccc23)c1C(N)=O. The van der Waals surface area contributed by atoms with Crippen LogP contribution in [0.3, 0.4) is 0 Å². The molecule has 3 rings (SSSR count). The molecule has 2 amide bonds. The van der Waals surface area contributed by atoms with Crippen LogP contribution in [0.2, 0.25) is 0 Å². The lowest BCUT2D eigenvalue weighted by Gasteiger charge is -2.07. The molecule has 0 aliphatic rings. The molecule has 28 heavy (non-hydrogen) atoms. The molecule has 0 saturated carbocycles. The molecule has 1 heterocycles. The summed E-state index contributed by atoms with van der Waals surface area (Å²) in [5.74, 6) is -2.03. The smallest absolute Gasteiger partial charge is 0.342 e. The molecule has 2 aromatic carbocycles. The zero-order valence-electron chi connectivity index (χ0n) is 15.6. The molecule has 144 valence electrons. The van der Waals surface area contributed by atoms with Crippen LogP contribution in [-0.4, -0.2) is 24.4 Å². The summed E-state index contributed by atoms with van der Waals surface area (Å²) in [6.45, 7) is 3.27. The molecular weight excluding hydrogens is 360 g/mol. The highest BCUT2D eigenvalue weighted by atomic mass is 16.5. The fraction of sp³-hybridized carbons (Fsp3) is 0.190. The number of rotatable bonds is 6. The summed E-state index contributed by atoms with van der Waals surface area (Å²) in [6, 6.07) is 13.4. The van der Waals surface area contributed by atoms with Gasteiger partial charge in [0.25, 0.3) is 5.91 Å². The molecule has 0 bridgehead atoms. The third kappa shape index (κ3) is 3.73. The number of benzene rings is 2. The quantitative estimate of drug-likeness (QED) is 0.638. The van der Waals surface area contributed by atoms with Crippen molar-refractivity contribution in [3.8, 4) is 0 Å². The predicted octanol–water partition coefficient (Wildman–Crippen LogP) is 3.20. The molecule has 3 N–H and O–H groups in total. The lowest BCUT2D eigenvalue weighted by molar-refractivity contribution is -0.115. The number of nitrogens with two attached hydrogens (primary N) is 1. The third-order valence-electron chi connectivity index (χ3n) is 4.29. The van der Waals surface area contributed by atoms with Crippen LogP contribution in [0.5, 0.6) is 0 Å². The van der Waals surface area contributed by atoms with E-state index >= 15 is 0 Å². The van der Waals surface area contributed by atoms with Crippen LogP contribution in [0.25, 0.3) is 10.8 Å². The number of aryl methyl sites for hydroxylation is 1. The van der Waals surface area contributed by atoms with Crippen LogP contribution in [0.4, 0.5) is 5.88 Å². The summed E-state index contributed by atoms with van der Waals surface area (Å²) in [4.78, 5) is 36.6. The van der Waals surface area contributed by atoms with Gasteiger partial charge < -0.3 is 14.9 Å². The van der Waals surface area contributed by atoms with E-state index < -0.39 is 17.8 Å². The average molecular weight is 380 g/mol. The van der Waals surface area contributed by atoms with Gasteiger partial charge in [-0.3, -0.25) is 14.9 Å². The van der Waals surface area contributed by atoms with Crippen LogP contribution in [-0.2, 0) is 16.0 Å². The summed E-state index contributed by atoms with van der Waals surface area (Å²) in [7, 11) is 0. The average Bonchev–Trinajstić information content (AvgIpc) is 2.98. The summed E-state index contributed by atoms with van der Waals surface area (Å²) in [6.07, 6.45) is 0.0635. The zero-order valence-corrected chi connectivity index (χ0v) is 15.6. The first kappa shape index (κ1) is 19.2. The van der Waals surface area contributed by atoms with E-state index in [1.807, 2.05) is 42.5 Å². The Morgan fingerprint density at radius 1 is 1.07 bits per heavy atom. The zero-order chi connectivity index (χ0) is 20.3. The Labute approximate surface area is 161 Å². The lowest BCUT2D eigenvalue weighted by Crippen LogP contribution is -2.21. The molecule has 3 aromatic rings. The van der Waals surface area contributed by atoms with Gasteiger partial charge in [-0.25, -0.2) is 4.79 Å². The highest BCUT2D eigenvalue weighted by Crippen LogP contribution is 2.28. The molecule has 1 aromatic heterocycles. The number of furan rings is 1.